The number of carbonyl (C=O) groups excluding carboxylic acids is 1. The van der Waals surface area contributed by atoms with Crippen LogP contribution in [0.4, 0.5) is 0 Å². The van der Waals surface area contributed by atoms with E-state index in [1.165, 1.54) is 71.9 Å². The van der Waals surface area contributed by atoms with Crippen molar-refractivity contribution in [2.45, 2.75) is 106 Å². The predicted molar refractivity (Wildman–Crippen MR) is 143 cm³/mol. The number of benzene rings is 1. The van der Waals surface area contributed by atoms with E-state index in [1.807, 2.05) is 18.2 Å². The molecule has 1 aromatic rings. The van der Waals surface area contributed by atoms with E-state index in [0.29, 0.717) is 12.2 Å². The van der Waals surface area contributed by atoms with Gasteiger partial charge in [-0.05, 0) is 91.3 Å². The molecule has 1 aliphatic rings. The Labute approximate surface area is 203 Å². The molecule has 2 heteroatoms. The topological polar surface area (TPSA) is 26.3 Å². The van der Waals surface area contributed by atoms with E-state index in [-0.39, 0.29) is 11.4 Å². The molecule has 0 N–H and O–H groups in total. The van der Waals surface area contributed by atoms with Crippen molar-refractivity contribution in [3.05, 3.63) is 64.3 Å². The summed E-state index contributed by atoms with van der Waals surface area (Å²) in [6.07, 6.45) is 13.6. The van der Waals surface area contributed by atoms with Crippen LogP contribution in [0.1, 0.15) is 121 Å². The average molecular weight is 451 g/mol. The van der Waals surface area contributed by atoms with E-state index < -0.39 is 0 Å². The van der Waals surface area contributed by atoms with Crippen molar-refractivity contribution in [3.63, 3.8) is 0 Å². The average Bonchev–Trinajstić information content (AvgIpc) is 2.79. The number of hydrogen-bond donors (Lipinski definition) is 0. The van der Waals surface area contributed by atoms with Crippen molar-refractivity contribution < 1.29 is 9.53 Å². The maximum Gasteiger partial charge on any atom is 0.338 e. The zero-order valence-corrected chi connectivity index (χ0v) is 22.1. The second kappa shape index (κ2) is 13.0. The van der Waals surface area contributed by atoms with E-state index in [2.05, 4.69) is 54.2 Å². The summed E-state index contributed by atoms with van der Waals surface area (Å²) in [6.45, 7) is 18.2. The van der Waals surface area contributed by atoms with Crippen molar-refractivity contribution in [2.75, 3.05) is 6.61 Å². The molecule has 0 bridgehead atoms. The Hall–Kier alpha value is -2.09. The van der Waals surface area contributed by atoms with Crippen molar-refractivity contribution in [2.24, 2.45) is 5.41 Å². The molecular weight excluding hydrogens is 404 g/mol. The Morgan fingerprint density at radius 3 is 2.45 bits per heavy atom. The van der Waals surface area contributed by atoms with Crippen LogP contribution in [0.3, 0.4) is 0 Å². The summed E-state index contributed by atoms with van der Waals surface area (Å²) in [5.74, 6) is -0.204. The Morgan fingerprint density at radius 1 is 1.12 bits per heavy atom. The van der Waals surface area contributed by atoms with Crippen LogP contribution in [0.2, 0.25) is 0 Å². The number of carbonyl (C=O) groups is 1. The molecule has 33 heavy (non-hydrogen) atoms. The molecule has 1 aliphatic carbocycles. The van der Waals surface area contributed by atoms with E-state index in [9.17, 15) is 4.79 Å². The molecule has 0 saturated heterocycles. The van der Waals surface area contributed by atoms with Gasteiger partial charge in [-0.3, -0.25) is 0 Å². The van der Waals surface area contributed by atoms with Gasteiger partial charge in [0, 0.05) is 0 Å². The molecule has 0 fully saturated rings. The van der Waals surface area contributed by atoms with Gasteiger partial charge in [0.15, 0.2) is 0 Å². The maximum atomic E-state index is 12.7. The van der Waals surface area contributed by atoms with Gasteiger partial charge in [-0.1, -0.05) is 84.1 Å². The zero-order valence-electron chi connectivity index (χ0n) is 22.1. The number of rotatable bonds is 12. The van der Waals surface area contributed by atoms with Crippen molar-refractivity contribution in [3.8, 4) is 0 Å². The van der Waals surface area contributed by atoms with Crippen LogP contribution in [-0.2, 0) is 11.2 Å². The normalized spacial score (nSPS) is 16.4. The maximum absolute atomic E-state index is 12.7. The van der Waals surface area contributed by atoms with Gasteiger partial charge in [0.25, 0.3) is 0 Å². The number of unbranched alkanes of at least 4 members (excludes halogenated alkanes) is 5. The highest BCUT2D eigenvalue weighted by atomic mass is 16.5. The minimum Gasteiger partial charge on any atom is -0.462 e. The molecular formula is C31H46O2. The highest BCUT2D eigenvalue weighted by molar-refractivity contribution is 5.92. The van der Waals surface area contributed by atoms with E-state index in [1.54, 1.807) is 0 Å². The van der Waals surface area contributed by atoms with Crippen molar-refractivity contribution in [1.82, 2.24) is 0 Å². The first-order valence-electron chi connectivity index (χ1n) is 13.1. The number of aryl methyl sites for hydroxylation is 1. The first kappa shape index (κ1) is 27.2. The van der Waals surface area contributed by atoms with Crippen LogP contribution in [0, 0.1) is 5.41 Å². The predicted octanol–water partition coefficient (Wildman–Crippen LogP) is 9.25. The Balaban J connectivity index is 2.27. The van der Waals surface area contributed by atoms with Gasteiger partial charge in [-0.2, -0.15) is 0 Å². The van der Waals surface area contributed by atoms with Gasteiger partial charge in [0.2, 0.25) is 0 Å². The van der Waals surface area contributed by atoms with E-state index in [0.717, 1.165) is 25.7 Å². The lowest BCUT2D eigenvalue weighted by Gasteiger charge is -2.37. The van der Waals surface area contributed by atoms with Crippen molar-refractivity contribution >= 4 is 11.5 Å². The smallest absolute Gasteiger partial charge is 0.338 e. The number of allylic oxidation sites excluding steroid dienone is 5. The van der Waals surface area contributed by atoms with E-state index in [4.69, 9.17) is 4.74 Å². The molecule has 2 rings (SSSR count). The third kappa shape index (κ3) is 7.19. The fourth-order valence-electron chi connectivity index (χ4n) is 5.21. The second-order valence-electron chi connectivity index (χ2n) is 10.3. The molecule has 0 aliphatic heterocycles. The molecule has 0 amide bonds. The SMILES string of the molecule is C=C/C(C)=C(/C1=C(C)CCCC1(C)C)c1ccc(C(=O)OCCCCCCCC)cc1CC. The first-order valence-corrected chi connectivity index (χ1v) is 13.1. The summed E-state index contributed by atoms with van der Waals surface area (Å²) in [4.78, 5) is 12.7. The summed E-state index contributed by atoms with van der Waals surface area (Å²) in [7, 11) is 0. The summed E-state index contributed by atoms with van der Waals surface area (Å²) in [5, 5.41) is 0. The Bertz CT molecular complexity index is 882. The molecule has 0 atom stereocenters. The lowest BCUT2D eigenvalue weighted by molar-refractivity contribution is 0.0497. The molecule has 0 spiro atoms. The molecule has 0 aromatic heterocycles. The van der Waals surface area contributed by atoms with Crippen LogP contribution in [0.15, 0.2) is 47.6 Å². The van der Waals surface area contributed by atoms with Gasteiger partial charge >= 0.3 is 5.97 Å². The number of ether oxygens (including phenoxy) is 1. The third-order valence-corrected chi connectivity index (χ3v) is 7.13. The van der Waals surface area contributed by atoms with Crippen LogP contribution >= 0.6 is 0 Å². The molecule has 0 saturated carbocycles. The third-order valence-electron chi connectivity index (χ3n) is 7.13. The van der Waals surface area contributed by atoms with Gasteiger partial charge in [0.05, 0.1) is 12.2 Å². The van der Waals surface area contributed by atoms with E-state index >= 15 is 0 Å². The molecule has 1 aromatic carbocycles. The zero-order chi connectivity index (χ0) is 24.4. The van der Waals surface area contributed by atoms with Gasteiger partial charge < -0.3 is 4.74 Å². The number of esters is 1. The lowest BCUT2D eigenvalue weighted by Crippen LogP contribution is -2.22. The summed E-state index contributed by atoms with van der Waals surface area (Å²) in [5.41, 5.74) is 8.65. The van der Waals surface area contributed by atoms with Crippen LogP contribution < -0.4 is 0 Å². The summed E-state index contributed by atoms with van der Waals surface area (Å²) in [6, 6.07) is 6.12. The fraction of sp³-hybridized carbons (Fsp3) is 0.581. The Kier molecular flexibility index (Phi) is 10.7. The minimum atomic E-state index is -0.204. The highest BCUT2D eigenvalue weighted by Crippen LogP contribution is 2.48. The van der Waals surface area contributed by atoms with Crippen LogP contribution in [0.5, 0.6) is 0 Å². The summed E-state index contributed by atoms with van der Waals surface area (Å²) < 4.78 is 5.59. The van der Waals surface area contributed by atoms with Gasteiger partial charge in [-0.15, -0.1) is 0 Å². The van der Waals surface area contributed by atoms with Crippen molar-refractivity contribution in [1.29, 1.82) is 0 Å². The van der Waals surface area contributed by atoms with Gasteiger partial charge in [-0.25, -0.2) is 4.79 Å². The molecule has 0 radical (unpaired) electrons. The quantitative estimate of drug-likeness (QED) is 0.180. The molecule has 2 nitrogen and oxygen atoms in total. The molecule has 0 heterocycles. The number of hydrogen-bond acceptors (Lipinski definition) is 2. The molecule has 0 unspecified atom stereocenters. The molecule has 182 valence electrons. The lowest BCUT2D eigenvalue weighted by atomic mass is 9.67. The van der Waals surface area contributed by atoms with Crippen LogP contribution in [0.25, 0.3) is 5.57 Å². The standard InChI is InChI=1S/C31H46O2/c1-8-11-12-13-14-15-21-33-30(32)26-18-19-27(25(10-3)22-26)28(23(4)9-2)29-24(5)17-16-20-31(29,6)7/h9,18-19,22H,2,8,10-17,20-21H2,1,3-7H3/b28-23+. The largest absolute Gasteiger partial charge is 0.462 e. The second-order valence-corrected chi connectivity index (χ2v) is 10.3. The highest BCUT2D eigenvalue weighted by Gasteiger charge is 2.32. The Morgan fingerprint density at radius 2 is 1.82 bits per heavy atom. The summed E-state index contributed by atoms with van der Waals surface area (Å²) >= 11 is 0. The fourth-order valence-corrected chi connectivity index (χ4v) is 5.21. The minimum absolute atomic E-state index is 0.127. The van der Waals surface area contributed by atoms with Gasteiger partial charge in [0.1, 0.15) is 0 Å². The van der Waals surface area contributed by atoms with Crippen LogP contribution in [-0.4, -0.2) is 12.6 Å². The first-order chi connectivity index (χ1) is 15.8. The monoisotopic (exact) mass is 450 g/mol.